The fourth-order valence-corrected chi connectivity index (χ4v) is 3.09. The van der Waals surface area contributed by atoms with Gasteiger partial charge in [0.05, 0.1) is 0 Å². The Bertz CT molecular complexity index is 539. The average Bonchev–Trinajstić information content (AvgIpc) is 2.31. The molecule has 0 amide bonds. The van der Waals surface area contributed by atoms with Crippen molar-refractivity contribution in [2.75, 3.05) is 5.73 Å². The normalized spacial score (nSPS) is 9.65. The molecule has 3 nitrogen and oxygen atoms in total. The summed E-state index contributed by atoms with van der Waals surface area (Å²) in [5, 5.41) is 8.70. The first-order valence-corrected chi connectivity index (χ1v) is 7.59. The third-order valence-electron chi connectivity index (χ3n) is 2.52. The van der Waals surface area contributed by atoms with Gasteiger partial charge in [-0.1, -0.05) is 0 Å². The van der Waals surface area contributed by atoms with E-state index in [1.54, 1.807) is 0 Å². The maximum absolute atomic E-state index is 9.00. The predicted molar refractivity (Wildman–Crippen MR) is 85.0 cm³/mol. The first-order valence-electron chi connectivity index (χ1n) is 5.83. The summed E-state index contributed by atoms with van der Waals surface area (Å²) in [5.74, 6) is -0.833. The predicted octanol–water partition coefficient (Wildman–Crippen LogP) is 3.13. The van der Waals surface area contributed by atoms with E-state index in [4.69, 9.17) is 38.8 Å². The van der Waals surface area contributed by atoms with E-state index in [1.807, 2.05) is 30.3 Å². The van der Waals surface area contributed by atoms with E-state index in [-0.39, 0.29) is 0 Å². The summed E-state index contributed by atoms with van der Waals surface area (Å²) in [6.07, 6.45) is 0. The van der Waals surface area contributed by atoms with E-state index in [0.29, 0.717) is 10.0 Å². The number of carboxylic acid groups (broad SMARTS) is 1. The first-order chi connectivity index (χ1) is 9.34. The molecular formula is C14H12Cl2NNaO2. The Balaban J connectivity index is 0.000000444. The summed E-state index contributed by atoms with van der Waals surface area (Å²) in [4.78, 5) is 9.00. The van der Waals surface area contributed by atoms with Crippen LogP contribution in [0.3, 0.4) is 0 Å². The SMILES string of the molecule is CC(=O)O.Nc1ccc[c]([Na])c1-c1c(Cl)cccc1Cl. The zero-order valence-corrected chi connectivity index (χ0v) is 14.7. The van der Waals surface area contributed by atoms with Gasteiger partial charge >= 0.3 is 123 Å². The number of halogens is 2. The van der Waals surface area contributed by atoms with Gasteiger partial charge in [-0.25, -0.2) is 0 Å². The van der Waals surface area contributed by atoms with Crippen molar-refractivity contribution in [1.29, 1.82) is 0 Å². The van der Waals surface area contributed by atoms with Crippen LogP contribution >= 0.6 is 23.2 Å². The van der Waals surface area contributed by atoms with Crippen LogP contribution in [-0.2, 0) is 4.79 Å². The van der Waals surface area contributed by atoms with Gasteiger partial charge in [0.25, 0.3) is 5.97 Å². The topological polar surface area (TPSA) is 63.3 Å². The number of aliphatic carboxylic acids is 1. The van der Waals surface area contributed by atoms with Crippen molar-refractivity contribution >= 4 is 65.6 Å². The van der Waals surface area contributed by atoms with Gasteiger partial charge in [-0.2, -0.15) is 0 Å². The fraction of sp³-hybridized carbons (Fsp3) is 0.0714. The molecular weight excluding hydrogens is 308 g/mol. The molecule has 0 heterocycles. The van der Waals surface area contributed by atoms with Gasteiger partial charge in [-0.3, -0.25) is 4.79 Å². The van der Waals surface area contributed by atoms with Gasteiger partial charge < -0.3 is 5.11 Å². The molecule has 0 bridgehead atoms. The van der Waals surface area contributed by atoms with Crippen LogP contribution < -0.4 is 8.55 Å². The summed E-state index contributed by atoms with van der Waals surface area (Å²) in [6.45, 7) is 1.08. The number of nitrogens with two attached hydrogens (primary N) is 1. The molecule has 100 valence electrons. The van der Waals surface area contributed by atoms with E-state index >= 15 is 0 Å². The van der Waals surface area contributed by atoms with E-state index < -0.39 is 5.97 Å². The number of carbonyl (C=O) groups is 1. The van der Waals surface area contributed by atoms with Crippen LogP contribution in [0.5, 0.6) is 0 Å². The molecule has 2 aromatic carbocycles. The number of benzene rings is 2. The molecule has 0 aliphatic carbocycles. The maximum atomic E-state index is 9.00. The summed E-state index contributed by atoms with van der Waals surface area (Å²) in [5.41, 5.74) is 8.54. The molecule has 0 atom stereocenters. The standard InChI is InChI=1S/C12H8Cl2N.C2H4O2.Na/c13-9-5-3-6-10(14)12(9)8-4-1-2-7-11(8)15;1-2(3)4;/h1-3,5-7H,15H2;1H3,(H,3,4);. The molecule has 0 radical (unpaired) electrons. The van der Waals surface area contributed by atoms with E-state index in [0.717, 1.165) is 51.7 Å². The summed E-state index contributed by atoms with van der Waals surface area (Å²) in [6, 6.07) is 11.4. The first kappa shape index (κ1) is 17.3. The van der Waals surface area contributed by atoms with Gasteiger partial charge in [0.2, 0.25) is 0 Å². The van der Waals surface area contributed by atoms with Gasteiger partial charge in [0, 0.05) is 6.92 Å². The van der Waals surface area contributed by atoms with Crippen LogP contribution in [-0.4, -0.2) is 39.0 Å². The number of rotatable bonds is 1. The molecule has 0 fully saturated rings. The zero-order valence-electron chi connectivity index (χ0n) is 11.2. The van der Waals surface area contributed by atoms with E-state index in [2.05, 4.69) is 6.07 Å². The minimum atomic E-state index is -0.833. The van der Waals surface area contributed by atoms with Crippen LogP contribution in [0.2, 0.25) is 10.0 Å². The average molecular weight is 320 g/mol. The number of nitrogen functional groups attached to an aromatic ring is 1. The molecule has 0 unspecified atom stereocenters. The van der Waals surface area contributed by atoms with Crippen molar-refractivity contribution in [3.63, 3.8) is 0 Å². The molecule has 0 aromatic heterocycles. The van der Waals surface area contributed by atoms with Crippen molar-refractivity contribution in [2.24, 2.45) is 0 Å². The Hall–Kier alpha value is -0.710. The van der Waals surface area contributed by atoms with Crippen LogP contribution in [0.4, 0.5) is 5.69 Å². The summed E-state index contributed by atoms with van der Waals surface area (Å²) in [7, 11) is 0. The third kappa shape index (κ3) is 4.69. The monoisotopic (exact) mass is 319 g/mol. The number of carboxylic acids is 1. The number of hydrogen-bond acceptors (Lipinski definition) is 2. The molecule has 0 aliphatic heterocycles. The Morgan fingerprint density at radius 3 is 2.00 bits per heavy atom. The zero-order chi connectivity index (χ0) is 15.3. The molecule has 0 aliphatic rings. The van der Waals surface area contributed by atoms with Crippen molar-refractivity contribution in [2.45, 2.75) is 6.92 Å². The number of anilines is 1. The second kappa shape index (κ2) is 7.91. The third-order valence-corrected chi connectivity index (χ3v) is 3.98. The molecule has 2 aromatic rings. The van der Waals surface area contributed by atoms with Gasteiger partial charge in [0.15, 0.2) is 0 Å². The van der Waals surface area contributed by atoms with Crippen LogP contribution in [0, 0.1) is 0 Å². The molecule has 3 N–H and O–H groups in total. The molecule has 2 rings (SSSR count). The van der Waals surface area contributed by atoms with Gasteiger partial charge in [-0.15, -0.1) is 0 Å². The minimum absolute atomic E-state index is 0.641. The van der Waals surface area contributed by atoms with Crippen molar-refractivity contribution in [3.05, 3.63) is 46.4 Å². The molecule has 20 heavy (non-hydrogen) atoms. The van der Waals surface area contributed by atoms with Crippen molar-refractivity contribution < 1.29 is 9.90 Å². The second-order valence-electron chi connectivity index (χ2n) is 4.15. The molecule has 0 saturated carbocycles. The Morgan fingerprint density at radius 2 is 1.55 bits per heavy atom. The van der Waals surface area contributed by atoms with Crippen molar-refractivity contribution in [1.82, 2.24) is 0 Å². The van der Waals surface area contributed by atoms with Crippen LogP contribution in [0.25, 0.3) is 11.1 Å². The quantitative estimate of drug-likeness (QED) is 0.627. The molecule has 0 saturated heterocycles. The fourth-order valence-electron chi connectivity index (χ4n) is 1.77. The Kier molecular flexibility index (Phi) is 6.86. The number of hydrogen-bond donors (Lipinski definition) is 2. The second-order valence-corrected chi connectivity index (χ2v) is 6.05. The Labute approximate surface area is 145 Å². The van der Waals surface area contributed by atoms with Crippen molar-refractivity contribution in [3.8, 4) is 11.1 Å². The van der Waals surface area contributed by atoms with Gasteiger partial charge in [0.1, 0.15) is 0 Å². The Morgan fingerprint density at radius 1 is 1.10 bits per heavy atom. The summed E-state index contributed by atoms with van der Waals surface area (Å²) < 4.78 is 1.20. The summed E-state index contributed by atoms with van der Waals surface area (Å²) >= 11 is 13.3. The van der Waals surface area contributed by atoms with Crippen LogP contribution in [0.15, 0.2) is 36.4 Å². The van der Waals surface area contributed by atoms with Gasteiger partial charge in [-0.05, 0) is 0 Å². The van der Waals surface area contributed by atoms with Crippen LogP contribution in [0.1, 0.15) is 6.92 Å². The van der Waals surface area contributed by atoms with E-state index in [1.165, 1.54) is 2.81 Å². The molecule has 0 spiro atoms. The van der Waals surface area contributed by atoms with E-state index in [9.17, 15) is 0 Å². The molecule has 6 heteroatoms.